The lowest BCUT2D eigenvalue weighted by Gasteiger charge is -2.22. The van der Waals surface area contributed by atoms with E-state index in [4.69, 9.17) is 0 Å². The number of hydrogen-bond acceptors (Lipinski definition) is 5. The highest BCUT2D eigenvalue weighted by Gasteiger charge is 2.31. The van der Waals surface area contributed by atoms with E-state index in [2.05, 4.69) is 5.32 Å². The monoisotopic (exact) mass is 386 g/mol. The van der Waals surface area contributed by atoms with Gasteiger partial charge in [0.05, 0.1) is 23.7 Å². The molecule has 0 saturated carbocycles. The highest BCUT2D eigenvalue weighted by Crippen LogP contribution is 2.20. The maximum absolute atomic E-state index is 12.7. The Bertz CT molecular complexity index is 941. The van der Waals surface area contributed by atoms with Crippen molar-refractivity contribution in [3.05, 3.63) is 65.7 Å². The third-order valence-electron chi connectivity index (χ3n) is 4.71. The Morgan fingerprint density at radius 3 is 2.41 bits per heavy atom. The fourth-order valence-corrected chi connectivity index (χ4v) is 5.01. The molecule has 0 unspecified atom stereocenters. The van der Waals surface area contributed by atoms with Crippen LogP contribution in [-0.4, -0.2) is 56.1 Å². The van der Waals surface area contributed by atoms with E-state index in [1.54, 1.807) is 60.5 Å². The lowest BCUT2D eigenvalue weighted by atomic mass is 10.0. The molecule has 2 aromatic carbocycles. The van der Waals surface area contributed by atoms with Crippen LogP contribution in [0.1, 0.15) is 22.3 Å². The topological polar surface area (TPSA) is 83.6 Å². The van der Waals surface area contributed by atoms with E-state index in [0.717, 1.165) is 0 Å². The molecule has 3 rings (SSSR count). The number of nitrogens with zero attached hydrogens (tertiary/aromatic N) is 1. The summed E-state index contributed by atoms with van der Waals surface area (Å²) in [4.78, 5) is 26.9. The minimum Gasteiger partial charge on any atom is -0.324 e. The maximum atomic E-state index is 12.7. The number of hydrogen-bond donors (Lipinski definition) is 1. The largest absolute Gasteiger partial charge is 0.324 e. The molecule has 0 radical (unpaired) electrons. The van der Waals surface area contributed by atoms with Gasteiger partial charge in [-0.25, -0.2) is 8.42 Å². The predicted octanol–water partition coefficient (Wildman–Crippen LogP) is 1.97. The Morgan fingerprint density at radius 2 is 1.74 bits per heavy atom. The van der Waals surface area contributed by atoms with Crippen molar-refractivity contribution in [2.45, 2.75) is 12.5 Å². The average molecular weight is 386 g/mol. The average Bonchev–Trinajstić information content (AvgIpc) is 3.02. The Balaban J connectivity index is 1.69. The number of ketones is 1. The predicted molar refractivity (Wildman–Crippen MR) is 105 cm³/mol. The van der Waals surface area contributed by atoms with Crippen molar-refractivity contribution in [2.75, 3.05) is 30.4 Å². The molecule has 1 fully saturated rings. The van der Waals surface area contributed by atoms with Gasteiger partial charge in [0, 0.05) is 17.2 Å². The first kappa shape index (κ1) is 19.3. The minimum atomic E-state index is -3.00. The molecule has 6 nitrogen and oxygen atoms in total. The quantitative estimate of drug-likeness (QED) is 0.768. The first-order valence-electron chi connectivity index (χ1n) is 8.75. The normalized spacial score (nSPS) is 18.4. The third kappa shape index (κ3) is 4.81. The van der Waals surface area contributed by atoms with Gasteiger partial charge in [-0.2, -0.15) is 0 Å². The zero-order valence-corrected chi connectivity index (χ0v) is 15.9. The molecule has 142 valence electrons. The summed E-state index contributed by atoms with van der Waals surface area (Å²) in [5.41, 5.74) is 1.42. The van der Waals surface area contributed by atoms with E-state index in [0.29, 0.717) is 23.2 Å². The highest BCUT2D eigenvalue weighted by molar-refractivity contribution is 7.91. The Kier molecular flexibility index (Phi) is 5.72. The molecule has 7 heteroatoms. The van der Waals surface area contributed by atoms with Gasteiger partial charge in [-0.05, 0) is 25.6 Å². The summed E-state index contributed by atoms with van der Waals surface area (Å²) in [6.45, 7) is 0.0635. The van der Waals surface area contributed by atoms with E-state index in [9.17, 15) is 18.0 Å². The summed E-state index contributed by atoms with van der Waals surface area (Å²) in [5, 5.41) is 2.79. The number of benzene rings is 2. The van der Waals surface area contributed by atoms with E-state index in [-0.39, 0.29) is 35.8 Å². The summed E-state index contributed by atoms with van der Waals surface area (Å²) in [5.74, 6) is -0.199. The standard InChI is InChI=1S/C20H22N2O4S/c1-22(16-11-12-27(25,26)14-16)13-19(23)21-18-10-6-5-9-17(18)20(24)15-7-3-2-4-8-15/h2-10,16H,11-14H2,1H3,(H,21,23)/t16-/m1/s1. The Morgan fingerprint density at radius 1 is 1.07 bits per heavy atom. The van der Waals surface area contributed by atoms with Gasteiger partial charge < -0.3 is 5.32 Å². The van der Waals surface area contributed by atoms with Crippen LogP contribution in [0, 0.1) is 0 Å². The summed E-state index contributed by atoms with van der Waals surface area (Å²) >= 11 is 0. The van der Waals surface area contributed by atoms with Crippen LogP contribution in [0.3, 0.4) is 0 Å². The molecule has 0 aliphatic carbocycles. The van der Waals surface area contributed by atoms with Crippen LogP contribution in [0.2, 0.25) is 0 Å². The first-order chi connectivity index (χ1) is 12.9. The van der Waals surface area contributed by atoms with E-state index in [1.165, 1.54) is 0 Å². The lowest BCUT2D eigenvalue weighted by Crippen LogP contribution is -2.38. The van der Waals surface area contributed by atoms with Crippen molar-refractivity contribution in [2.24, 2.45) is 0 Å². The fourth-order valence-electron chi connectivity index (χ4n) is 3.20. The van der Waals surface area contributed by atoms with Gasteiger partial charge in [-0.15, -0.1) is 0 Å². The third-order valence-corrected chi connectivity index (χ3v) is 6.46. The molecular weight excluding hydrogens is 364 g/mol. The summed E-state index contributed by atoms with van der Waals surface area (Å²) in [7, 11) is -1.26. The van der Waals surface area contributed by atoms with Crippen LogP contribution in [0.4, 0.5) is 5.69 Å². The number of para-hydroxylation sites is 1. The number of carbonyl (C=O) groups is 2. The van der Waals surface area contributed by atoms with Gasteiger partial charge in [0.1, 0.15) is 0 Å². The molecule has 1 aliphatic rings. The Labute approximate surface area is 159 Å². The van der Waals surface area contributed by atoms with Gasteiger partial charge >= 0.3 is 0 Å². The highest BCUT2D eigenvalue weighted by atomic mass is 32.2. The second-order valence-corrected chi connectivity index (χ2v) is 8.99. The first-order valence-corrected chi connectivity index (χ1v) is 10.6. The fraction of sp³-hybridized carbons (Fsp3) is 0.300. The van der Waals surface area contributed by atoms with Gasteiger partial charge in [-0.1, -0.05) is 42.5 Å². The van der Waals surface area contributed by atoms with Crippen LogP contribution in [0.25, 0.3) is 0 Å². The van der Waals surface area contributed by atoms with Gasteiger partial charge in [0.2, 0.25) is 5.91 Å². The smallest absolute Gasteiger partial charge is 0.238 e. The van der Waals surface area contributed by atoms with Crippen LogP contribution >= 0.6 is 0 Å². The molecule has 0 aromatic heterocycles. The van der Waals surface area contributed by atoms with Crippen molar-refractivity contribution in [1.82, 2.24) is 4.90 Å². The van der Waals surface area contributed by atoms with E-state index in [1.807, 2.05) is 6.07 Å². The molecule has 0 spiro atoms. The van der Waals surface area contributed by atoms with E-state index < -0.39 is 9.84 Å². The van der Waals surface area contributed by atoms with Crippen molar-refractivity contribution in [3.63, 3.8) is 0 Å². The summed E-state index contributed by atoms with van der Waals surface area (Å²) < 4.78 is 23.2. The zero-order chi connectivity index (χ0) is 19.4. The Hall–Kier alpha value is -2.51. The molecule has 1 N–H and O–H groups in total. The SMILES string of the molecule is CN(CC(=O)Nc1ccccc1C(=O)c1ccccc1)[C@@H]1CCS(=O)(=O)C1. The van der Waals surface area contributed by atoms with Crippen molar-refractivity contribution in [3.8, 4) is 0 Å². The summed E-state index contributed by atoms with van der Waals surface area (Å²) in [6.07, 6.45) is 0.537. The zero-order valence-electron chi connectivity index (χ0n) is 15.1. The number of sulfone groups is 1. The number of likely N-dealkylation sites (N-methyl/N-ethyl adjacent to an activating group) is 1. The van der Waals surface area contributed by atoms with Gasteiger partial charge in [-0.3, -0.25) is 14.5 Å². The second kappa shape index (κ2) is 8.02. The molecule has 1 amide bonds. The van der Waals surface area contributed by atoms with Crippen molar-refractivity contribution in [1.29, 1.82) is 0 Å². The molecule has 1 atom stereocenters. The lowest BCUT2D eigenvalue weighted by molar-refractivity contribution is -0.117. The van der Waals surface area contributed by atoms with Gasteiger partial charge in [0.25, 0.3) is 0 Å². The minimum absolute atomic E-state index is 0.0635. The van der Waals surface area contributed by atoms with Gasteiger partial charge in [0.15, 0.2) is 15.6 Å². The molecule has 1 aliphatic heterocycles. The molecule has 0 bridgehead atoms. The molecule has 2 aromatic rings. The summed E-state index contributed by atoms with van der Waals surface area (Å²) in [6, 6.07) is 15.6. The van der Waals surface area contributed by atoms with E-state index >= 15 is 0 Å². The second-order valence-electron chi connectivity index (χ2n) is 6.76. The molecule has 1 heterocycles. The number of rotatable bonds is 6. The van der Waals surface area contributed by atoms with Crippen LogP contribution < -0.4 is 5.32 Å². The van der Waals surface area contributed by atoms with Crippen LogP contribution in [0.5, 0.6) is 0 Å². The van der Waals surface area contributed by atoms with Crippen molar-refractivity contribution >= 4 is 27.2 Å². The maximum Gasteiger partial charge on any atom is 0.238 e. The number of anilines is 1. The molecule has 27 heavy (non-hydrogen) atoms. The molecule has 1 saturated heterocycles. The molecular formula is C20H22N2O4S. The number of carbonyl (C=O) groups excluding carboxylic acids is 2. The number of nitrogens with one attached hydrogen (secondary N) is 1. The van der Waals surface area contributed by atoms with Crippen molar-refractivity contribution < 1.29 is 18.0 Å². The van der Waals surface area contributed by atoms with Crippen LogP contribution in [0.15, 0.2) is 54.6 Å². The van der Waals surface area contributed by atoms with Crippen LogP contribution in [-0.2, 0) is 14.6 Å². The number of amides is 1.